The van der Waals surface area contributed by atoms with Gasteiger partial charge in [-0.3, -0.25) is 24.2 Å². The molecule has 4 rings (SSSR count). The fourth-order valence-corrected chi connectivity index (χ4v) is 4.44. The summed E-state index contributed by atoms with van der Waals surface area (Å²) in [7, 11) is 1.71. The average molecular weight is 429 g/mol. The van der Waals surface area contributed by atoms with Crippen molar-refractivity contribution in [2.45, 2.75) is 19.5 Å². The number of fused-ring (bicyclic) bond motifs is 1. The van der Waals surface area contributed by atoms with Crippen LogP contribution in [0.25, 0.3) is 0 Å². The van der Waals surface area contributed by atoms with Crippen LogP contribution in [0.1, 0.15) is 37.8 Å². The first kappa shape index (κ1) is 20.6. The summed E-state index contributed by atoms with van der Waals surface area (Å²) in [6.45, 7) is 4.60. The molecule has 0 atom stereocenters. The number of hydrogen-bond donors (Lipinski definition) is 0. The normalized spacial score (nSPS) is 16.8. The third kappa shape index (κ3) is 4.43. The number of aromatic nitrogens is 1. The summed E-state index contributed by atoms with van der Waals surface area (Å²) < 4.78 is 5.36. The van der Waals surface area contributed by atoms with Crippen molar-refractivity contribution in [3.63, 3.8) is 0 Å². The van der Waals surface area contributed by atoms with Crippen molar-refractivity contribution in [1.82, 2.24) is 19.7 Å². The highest BCUT2D eigenvalue weighted by Crippen LogP contribution is 2.22. The third-order valence-corrected chi connectivity index (χ3v) is 6.20. The summed E-state index contributed by atoms with van der Waals surface area (Å²) >= 11 is 1.60. The van der Waals surface area contributed by atoms with Gasteiger partial charge in [-0.25, -0.2) is 4.98 Å². The number of rotatable bonds is 7. The van der Waals surface area contributed by atoms with Gasteiger partial charge in [0.25, 0.3) is 11.8 Å². The molecule has 3 amide bonds. The first-order valence-electron chi connectivity index (χ1n) is 9.95. The molecule has 1 aromatic carbocycles. The van der Waals surface area contributed by atoms with Gasteiger partial charge in [-0.1, -0.05) is 12.1 Å². The highest BCUT2D eigenvalue weighted by Gasteiger charge is 2.35. The number of morpholine rings is 1. The number of imide groups is 1. The summed E-state index contributed by atoms with van der Waals surface area (Å²) in [5.74, 6) is -0.800. The summed E-state index contributed by atoms with van der Waals surface area (Å²) in [6.07, 6.45) is 0.0900. The van der Waals surface area contributed by atoms with Crippen LogP contribution in [-0.4, -0.2) is 77.3 Å². The molecular weight excluding hydrogens is 404 g/mol. The number of carbonyl (C=O) groups excluding carboxylic acids is 3. The molecule has 9 heteroatoms. The molecule has 0 saturated carbocycles. The van der Waals surface area contributed by atoms with E-state index in [9.17, 15) is 14.4 Å². The van der Waals surface area contributed by atoms with Gasteiger partial charge >= 0.3 is 0 Å². The largest absolute Gasteiger partial charge is 0.379 e. The Labute approximate surface area is 179 Å². The maximum Gasteiger partial charge on any atom is 0.261 e. The zero-order valence-corrected chi connectivity index (χ0v) is 17.7. The molecule has 158 valence electrons. The smallest absolute Gasteiger partial charge is 0.261 e. The second-order valence-electron chi connectivity index (χ2n) is 7.43. The molecule has 1 fully saturated rings. The van der Waals surface area contributed by atoms with Crippen molar-refractivity contribution in [2.75, 3.05) is 39.9 Å². The lowest BCUT2D eigenvalue weighted by molar-refractivity contribution is -0.130. The highest BCUT2D eigenvalue weighted by molar-refractivity contribution is 7.09. The Bertz CT molecular complexity index is 919. The maximum atomic E-state index is 12.5. The molecule has 0 bridgehead atoms. The lowest BCUT2D eigenvalue weighted by Crippen LogP contribution is -2.35. The summed E-state index contributed by atoms with van der Waals surface area (Å²) in [5.41, 5.74) is 1.65. The topological polar surface area (TPSA) is 83.1 Å². The minimum absolute atomic E-state index is 0.0782. The van der Waals surface area contributed by atoms with Crippen molar-refractivity contribution in [1.29, 1.82) is 0 Å². The molecule has 0 aliphatic carbocycles. The Hall–Kier alpha value is -2.62. The van der Waals surface area contributed by atoms with E-state index in [1.807, 2.05) is 5.38 Å². The first-order valence-corrected chi connectivity index (χ1v) is 10.8. The first-order chi connectivity index (χ1) is 14.5. The van der Waals surface area contributed by atoms with Gasteiger partial charge < -0.3 is 9.64 Å². The molecule has 0 N–H and O–H groups in total. The standard InChI is InChI=1S/C21H24N4O4S/c1-23(12-15-14-30-18(22-15)13-24-8-10-29-11-9-24)19(26)6-7-25-20(27)16-4-2-3-5-17(16)21(25)28/h2-5,14H,6-13H2,1H3. The van der Waals surface area contributed by atoms with Crippen LogP contribution < -0.4 is 0 Å². The highest BCUT2D eigenvalue weighted by atomic mass is 32.1. The fraction of sp³-hybridized carbons (Fsp3) is 0.429. The van der Waals surface area contributed by atoms with E-state index in [1.165, 1.54) is 0 Å². The number of thiazole rings is 1. The van der Waals surface area contributed by atoms with Gasteiger partial charge in [0.1, 0.15) is 5.01 Å². The molecule has 2 aromatic rings. The van der Waals surface area contributed by atoms with Crippen LogP contribution in [0, 0.1) is 0 Å². The van der Waals surface area contributed by atoms with Crippen molar-refractivity contribution < 1.29 is 19.1 Å². The average Bonchev–Trinajstić information content (AvgIpc) is 3.29. The Morgan fingerprint density at radius 1 is 1.17 bits per heavy atom. The summed E-state index contributed by atoms with van der Waals surface area (Å²) in [6, 6.07) is 6.74. The molecule has 2 aliphatic rings. The van der Waals surface area contributed by atoms with Crippen LogP contribution in [0.4, 0.5) is 0 Å². The van der Waals surface area contributed by atoms with Gasteiger partial charge in [0, 0.05) is 38.5 Å². The van der Waals surface area contributed by atoms with E-state index in [4.69, 9.17) is 4.74 Å². The molecule has 2 aliphatic heterocycles. The maximum absolute atomic E-state index is 12.5. The van der Waals surface area contributed by atoms with Gasteiger partial charge in [0.2, 0.25) is 5.91 Å². The molecular formula is C21H24N4O4S. The van der Waals surface area contributed by atoms with Crippen molar-refractivity contribution in [2.24, 2.45) is 0 Å². The van der Waals surface area contributed by atoms with Gasteiger partial charge in [0.05, 0.1) is 43.1 Å². The number of amides is 3. The van der Waals surface area contributed by atoms with Crippen LogP contribution in [0.3, 0.4) is 0 Å². The monoisotopic (exact) mass is 428 g/mol. The molecule has 0 spiro atoms. The van der Waals surface area contributed by atoms with Crippen LogP contribution in [0.2, 0.25) is 0 Å². The Morgan fingerprint density at radius 2 is 1.83 bits per heavy atom. The Morgan fingerprint density at radius 3 is 2.50 bits per heavy atom. The molecule has 0 radical (unpaired) electrons. The van der Waals surface area contributed by atoms with Gasteiger partial charge in [-0.05, 0) is 12.1 Å². The van der Waals surface area contributed by atoms with E-state index in [0.29, 0.717) is 17.7 Å². The van der Waals surface area contributed by atoms with E-state index < -0.39 is 0 Å². The minimum atomic E-state index is -0.335. The van der Waals surface area contributed by atoms with Gasteiger partial charge in [0.15, 0.2) is 0 Å². The SMILES string of the molecule is CN(Cc1csc(CN2CCOCC2)n1)C(=O)CCN1C(=O)c2ccccc2C1=O. The number of hydrogen-bond acceptors (Lipinski definition) is 7. The molecule has 30 heavy (non-hydrogen) atoms. The summed E-state index contributed by atoms with van der Waals surface area (Å²) in [4.78, 5) is 47.0. The molecule has 1 saturated heterocycles. The van der Waals surface area contributed by atoms with E-state index in [-0.39, 0.29) is 30.7 Å². The number of nitrogens with zero attached hydrogens (tertiary/aromatic N) is 4. The zero-order chi connectivity index (χ0) is 21.1. The number of carbonyl (C=O) groups is 3. The second-order valence-corrected chi connectivity index (χ2v) is 8.37. The fourth-order valence-electron chi connectivity index (χ4n) is 3.62. The number of ether oxygens (including phenoxy) is 1. The van der Waals surface area contributed by atoms with Crippen molar-refractivity contribution >= 4 is 29.1 Å². The van der Waals surface area contributed by atoms with Gasteiger partial charge in [-0.2, -0.15) is 0 Å². The van der Waals surface area contributed by atoms with Crippen LogP contribution in [0.5, 0.6) is 0 Å². The molecule has 1 aromatic heterocycles. The molecule has 8 nitrogen and oxygen atoms in total. The van der Waals surface area contributed by atoms with Gasteiger partial charge in [-0.15, -0.1) is 11.3 Å². The van der Waals surface area contributed by atoms with Crippen LogP contribution >= 0.6 is 11.3 Å². The predicted octanol–water partition coefficient (Wildman–Crippen LogP) is 1.62. The molecule has 3 heterocycles. The van der Waals surface area contributed by atoms with E-state index in [1.54, 1.807) is 47.5 Å². The summed E-state index contributed by atoms with van der Waals surface area (Å²) in [5, 5.41) is 3.00. The third-order valence-electron chi connectivity index (χ3n) is 5.31. The van der Waals surface area contributed by atoms with E-state index in [0.717, 1.165) is 48.4 Å². The quantitative estimate of drug-likeness (QED) is 0.624. The van der Waals surface area contributed by atoms with E-state index >= 15 is 0 Å². The second kappa shape index (κ2) is 9.03. The lowest BCUT2D eigenvalue weighted by Gasteiger charge is -2.25. The Kier molecular flexibility index (Phi) is 6.21. The Balaban J connectivity index is 1.27. The van der Waals surface area contributed by atoms with Crippen molar-refractivity contribution in [3.05, 3.63) is 51.5 Å². The van der Waals surface area contributed by atoms with Crippen molar-refractivity contribution in [3.8, 4) is 0 Å². The number of benzene rings is 1. The minimum Gasteiger partial charge on any atom is -0.379 e. The molecule has 0 unspecified atom stereocenters. The van der Waals surface area contributed by atoms with Crippen LogP contribution in [-0.2, 0) is 22.6 Å². The van der Waals surface area contributed by atoms with Crippen LogP contribution in [0.15, 0.2) is 29.6 Å². The zero-order valence-electron chi connectivity index (χ0n) is 16.9. The lowest BCUT2D eigenvalue weighted by atomic mass is 10.1. The van der Waals surface area contributed by atoms with E-state index in [2.05, 4.69) is 9.88 Å². The predicted molar refractivity (Wildman–Crippen MR) is 111 cm³/mol.